The van der Waals surface area contributed by atoms with E-state index in [1.165, 1.54) is 57.8 Å². The second kappa shape index (κ2) is 12.3. The van der Waals surface area contributed by atoms with Crippen LogP contribution in [0.3, 0.4) is 0 Å². The van der Waals surface area contributed by atoms with Gasteiger partial charge < -0.3 is 13.9 Å². The molecule has 1 heterocycles. The summed E-state index contributed by atoms with van der Waals surface area (Å²) in [5, 5.41) is 0. The Morgan fingerprint density at radius 1 is 0.875 bits per heavy atom. The van der Waals surface area contributed by atoms with Crippen LogP contribution in [0.4, 0.5) is 0 Å². The van der Waals surface area contributed by atoms with Crippen LogP contribution in [-0.2, 0) is 6.42 Å². The quantitative estimate of drug-likeness (QED) is 0.466. The minimum atomic E-state index is -0.458. The van der Waals surface area contributed by atoms with Gasteiger partial charge in [0.2, 0.25) is 5.75 Å². The molecule has 0 spiro atoms. The Kier molecular flexibility index (Phi) is 10.7. The number of rotatable bonds is 13. The fourth-order valence-corrected chi connectivity index (χ4v) is 3.37. The highest BCUT2D eigenvalue weighted by Crippen LogP contribution is 2.30. The maximum absolute atomic E-state index is 11.9. The Morgan fingerprint density at radius 3 is 1.96 bits per heavy atom. The summed E-state index contributed by atoms with van der Waals surface area (Å²) in [5.41, 5.74) is 0.405. The van der Waals surface area contributed by atoms with Crippen molar-refractivity contribution in [3.05, 3.63) is 21.7 Å². The zero-order valence-corrected chi connectivity index (χ0v) is 16.4. The average Bonchev–Trinajstić information content (AvgIpc) is 2.58. The van der Waals surface area contributed by atoms with Crippen LogP contribution in [0, 0.1) is 6.92 Å². The summed E-state index contributed by atoms with van der Waals surface area (Å²) < 4.78 is 15.8. The van der Waals surface area contributed by atoms with Gasteiger partial charge in [-0.2, -0.15) is 11.8 Å². The van der Waals surface area contributed by atoms with Crippen LogP contribution in [0.15, 0.2) is 9.21 Å². The van der Waals surface area contributed by atoms with Gasteiger partial charge >= 0.3 is 5.63 Å². The fraction of sp³-hybridized carbons (Fsp3) is 0.737. The molecule has 4 nitrogen and oxygen atoms in total. The first kappa shape index (κ1) is 20.9. The molecule has 1 rings (SSSR count). The van der Waals surface area contributed by atoms with Crippen LogP contribution in [-0.4, -0.2) is 26.2 Å². The molecule has 0 saturated carbocycles. The Hall–Kier alpha value is -1.10. The number of hydrogen-bond donors (Lipinski definition) is 0. The predicted octanol–water partition coefficient (Wildman–Crippen LogP) is 4.99. The molecule has 0 N–H and O–H groups in total. The predicted molar refractivity (Wildman–Crippen MR) is 102 cm³/mol. The molecule has 0 atom stereocenters. The molecule has 1 aromatic heterocycles. The average molecular weight is 357 g/mol. The van der Waals surface area contributed by atoms with Crippen LogP contribution >= 0.6 is 11.8 Å². The molecule has 138 valence electrons. The first-order valence-corrected chi connectivity index (χ1v) is 10.3. The molecular formula is C19H32O4S. The first-order chi connectivity index (χ1) is 11.7. The lowest BCUT2D eigenvalue weighted by atomic mass is 10.0. The van der Waals surface area contributed by atoms with E-state index in [1.54, 1.807) is 7.11 Å². The van der Waals surface area contributed by atoms with Gasteiger partial charge in [-0.05, 0) is 31.8 Å². The highest BCUT2D eigenvalue weighted by molar-refractivity contribution is 7.98. The van der Waals surface area contributed by atoms with Crippen molar-refractivity contribution in [3.8, 4) is 11.5 Å². The molecule has 0 unspecified atom stereocenters. The number of hydrogen-bond acceptors (Lipinski definition) is 5. The van der Waals surface area contributed by atoms with E-state index in [0.29, 0.717) is 5.75 Å². The van der Waals surface area contributed by atoms with Crippen LogP contribution in [0.2, 0.25) is 0 Å². The standard InChI is InChI=1S/C19H32O4S/c1-15-16(23-19(20)18(22-3)17(15)21-2)13-11-9-7-5-6-8-10-12-14-24-4/h5-14H2,1-4H3. The van der Waals surface area contributed by atoms with Gasteiger partial charge in [-0.25, -0.2) is 4.79 Å². The molecule has 0 saturated heterocycles. The lowest BCUT2D eigenvalue weighted by Crippen LogP contribution is -2.10. The Morgan fingerprint density at radius 2 is 1.42 bits per heavy atom. The topological polar surface area (TPSA) is 48.7 Å². The molecule has 0 amide bonds. The summed E-state index contributed by atoms with van der Waals surface area (Å²) in [4.78, 5) is 11.9. The Balaban J connectivity index is 2.31. The van der Waals surface area contributed by atoms with Crippen molar-refractivity contribution in [1.29, 1.82) is 0 Å². The van der Waals surface area contributed by atoms with Crippen molar-refractivity contribution in [2.24, 2.45) is 0 Å². The molecule has 0 aromatic carbocycles. The van der Waals surface area contributed by atoms with Crippen LogP contribution < -0.4 is 15.1 Å². The summed E-state index contributed by atoms with van der Waals surface area (Å²) in [6, 6.07) is 0. The Bertz CT molecular complexity index is 525. The third-order valence-corrected chi connectivity index (χ3v) is 4.97. The second-order valence-corrected chi connectivity index (χ2v) is 7.06. The number of unbranched alkanes of at least 4 members (excludes halogenated alkanes) is 7. The number of thioether (sulfide) groups is 1. The minimum Gasteiger partial charge on any atom is -0.492 e. The molecule has 0 bridgehead atoms. The highest BCUT2D eigenvalue weighted by Gasteiger charge is 2.17. The van der Waals surface area contributed by atoms with E-state index in [-0.39, 0.29) is 5.75 Å². The molecule has 0 aliphatic rings. The van der Waals surface area contributed by atoms with Crippen molar-refractivity contribution in [2.75, 3.05) is 26.2 Å². The summed E-state index contributed by atoms with van der Waals surface area (Å²) >= 11 is 1.93. The SMILES string of the molecule is COc1c(C)c(CCCCCCCCCCSC)oc(=O)c1OC. The van der Waals surface area contributed by atoms with Crippen molar-refractivity contribution in [3.63, 3.8) is 0 Å². The summed E-state index contributed by atoms with van der Waals surface area (Å²) in [6.07, 6.45) is 13.1. The van der Waals surface area contributed by atoms with Crippen molar-refractivity contribution >= 4 is 11.8 Å². The summed E-state index contributed by atoms with van der Waals surface area (Å²) in [6.45, 7) is 1.91. The van der Waals surface area contributed by atoms with Gasteiger partial charge in [-0.1, -0.05) is 38.5 Å². The molecule has 0 aliphatic carbocycles. The molecule has 0 radical (unpaired) electrons. The number of aryl methyl sites for hydroxylation is 1. The van der Waals surface area contributed by atoms with Gasteiger partial charge in [0.1, 0.15) is 5.76 Å². The number of methoxy groups -OCH3 is 2. The van der Waals surface area contributed by atoms with E-state index in [1.807, 2.05) is 18.7 Å². The van der Waals surface area contributed by atoms with Gasteiger partial charge in [0.15, 0.2) is 5.75 Å². The fourth-order valence-electron chi connectivity index (χ4n) is 2.88. The van der Waals surface area contributed by atoms with Gasteiger partial charge in [0.25, 0.3) is 0 Å². The van der Waals surface area contributed by atoms with Crippen molar-refractivity contribution in [1.82, 2.24) is 0 Å². The molecule has 1 aromatic rings. The maximum atomic E-state index is 11.9. The van der Waals surface area contributed by atoms with Crippen molar-refractivity contribution in [2.45, 2.75) is 64.7 Å². The van der Waals surface area contributed by atoms with Gasteiger partial charge in [0, 0.05) is 12.0 Å². The molecule has 0 fully saturated rings. The van der Waals surface area contributed by atoms with E-state index >= 15 is 0 Å². The third-order valence-electron chi connectivity index (χ3n) is 4.28. The normalized spacial score (nSPS) is 10.8. The summed E-state index contributed by atoms with van der Waals surface area (Å²) in [7, 11) is 3.00. The van der Waals surface area contributed by atoms with E-state index in [0.717, 1.165) is 24.2 Å². The van der Waals surface area contributed by atoms with E-state index in [2.05, 4.69) is 6.26 Å². The van der Waals surface area contributed by atoms with Crippen LogP contribution in [0.1, 0.15) is 62.7 Å². The Labute approximate surface area is 150 Å². The van der Waals surface area contributed by atoms with E-state index in [9.17, 15) is 4.79 Å². The van der Waals surface area contributed by atoms with Gasteiger partial charge in [-0.15, -0.1) is 0 Å². The highest BCUT2D eigenvalue weighted by atomic mass is 32.2. The lowest BCUT2D eigenvalue weighted by molar-refractivity contribution is 0.316. The van der Waals surface area contributed by atoms with Gasteiger partial charge in [-0.3, -0.25) is 0 Å². The van der Waals surface area contributed by atoms with Gasteiger partial charge in [0.05, 0.1) is 14.2 Å². The summed E-state index contributed by atoms with van der Waals surface area (Å²) in [5.74, 6) is 2.65. The van der Waals surface area contributed by atoms with E-state index < -0.39 is 5.63 Å². The third kappa shape index (κ3) is 6.80. The maximum Gasteiger partial charge on any atom is 0.382 e. The van der Waals surface area contributed by atoms with Crippen molar-refractivity contribution < 1.29 is 13.9 Å². The van der Waals surface area contributed by atoms with Crippen LogP contribution in [0.5, 0.6) is 11.5 Å². The smallest absolute Gasteiger partial charge is 0.382 e. The zero-order chi connectivity index (χ0) is 17.8. The lowest BCUT2D eigenvalue weighted by Gasteiger charge is -2.12. The number of ether oxygens (including phenoxy) is 2. The molecule has 5 heteroatoms. The largest absolute Gasteiger partial charge is 0.492 e. The monoisotopic (exact) mass is 356 g/mol. The molecule has 0 aliphatic heterocycles. The minimum absolute atomic E-state index is 0.153. The molecule has 24 heavy (non-hydrogen) atoms. The molecular weight excluding hydrogens is 324 g/mol. The first-order valence-electron chi connectivity index (χ1n) is 8.89. The van der Waals surface area contributed by atoms with Crippen LogP contribution in [0.25, 0.3) is 0 Å². The van der Waals surface area contributed by atoms with E-state index in [4.69, 9.17) is 13.9 Å². The second-order valence-electron chi connectivity index (χ2n) is 6.08. The zero-order valence-electron chi connectivity index (χ0n) is 15.6.